The third-order valence-corrected chi connectivity index (χ3v) is 10.3. The van der Waals surface area contributed by atoms with E-state index in [0.29, 0.717) is 35.5 Å². The molecule has 0 aromatic heterocycles. The first-order valence-corrected chi connectivity index (χ1v) is 11.8. The highest BCUT2D eigenvalue weighted by Crippen LogP contribution is 2.68. The minimum atomic E-state index is -0.707. The molecule has 0 amide bonds. The molecule has 0 aromatic rings. The topological polar surface area (TPSA) is 77.8 Å². The summed E-state index contributed by atoms with van der Waals surface area (Å²) < 4.78 is 0. The van der Waals surface area contributed by atoms with E-state index in [1.54, 1.807) is 0 Å². The van der Waals surface area contributed by atoms with Crippen molar-refractivity contribution in [3.8, 4) is 0 Å². The van der Waals surface area contributed by atoms with Crippen molar-refractivity contribution in [2.75, 3.05) is 0 Å². The van der Waals surface area contributed by atoms with Crippen LogP contribution in [-0.4, -0.2) is 33.5 Å². The van der Waals surface area contributed by atoms with Gasteiger partial charge in [0.25, 0.3) is 0 Å². The molecular formula is C24H40O4. The van der Waals surface area contributed by atoms with E-state index in [4.69, 9.17) is 5.11 Å². The zero-order valence-corrected chi connectivity index (χ0v) is 17.9. The first-order chi connectivity index (χ1) is 13.2. The maximum atomic E-state index is 11.5. The van der Waals surface area contributed by atoms with Gasteiger partial charge < -0.3 is 15.3 Å². The fourth-order valence-electron chi connectivity index (χ4n) is 8.71. The number of aliphatic hydroxyl groups excluding tert-OH is 2. The van der Waals surface area contributed by atoms with Crippen LogP contribution in [0.4, 0.5) is 0 Å². The van der Waals surface area contributed by atoms with Crippen molar-refractivity contribution in [2.24, 2.45) is 46.3 Å². The molecule has 0 spiro atoms. The van der Waals surface area contributed by atoms with Crippen molar-refractivity contribution in [1.82, 2.24) is 0 Å². The number of carboxylic acids is 1. The predicted molar refractivity (Wildman–Crippen MR) is 109 cm³/mol. The minimum Gasteiger partial charge on any atom is -0.481 e. The van der Waals surface area contributed by atoms with Gasteiger partial charge in [-0.3, -0.25) is 4.79 Å². The number of fused-ring (bicyclic) bond motifs is 5. The van der Waals surface area contributed by atoms with E-state index < -0.39 is 5.97 Å². The summed E-state index contributed by atoms with van der Waals surface area (Å²) in [4.78, 5) is 11.1. The quantitative estimate of drug-likeness (QED) is 0.659. The first kappa shape index (κ1) is 20.7. The van der Waals surface area contributed by atoms with Gasteiger partial charge in [-0.15, -0.1) is 0 Å². The Morgan fingerprint density at radius 1 is 1.04 bits per heavy atom. The number of aliphatic carboxylic acids is 1. The van der Waals surface area contributed by atoms with Crippen molar-refractivity contribution >= 4 is 5.97 Å². The van der Waals surface area contributed by atoms with Gasteiger partial charge in [0.05, 0.1) is 12.2 Å². The molecule has 2 unspecified atom stereocenters. The van der Waals surface area contributed by atoms with Gasteiger partial charge in [-0.2, -0.15) is 0 Å². The Morgan fingerprint density at radius 2 is 1.79 bits per heavy atom. The van der Waals surface area contributed by atoms with Crippen LogP contribution in [0.3, 0.4) is 0 Å². The molecular weight excluding hydrogens is 352 g/mol. The summed E-state index contributed by atoms with van der Waals surface area (Å²) in [6.45, 7) is 6.99. The van der Waals surface area contributed by atoms with Crippen molar-refractivity contribution in [3.05, 3.63) is 0 Å². The number of carboxylic acid groups (broad SMARTS) is 1. The Balaban J connectivity index is 1.56. The maximum absolute atomic E-state index is 11.5. The summed E-state index contributed by atoms with van der Waals surface area (Å²) in [6.07, 6.45) is 9.26. The predicted octanol–water partition coefficient (Wildman–Crippen LogP) is 4.48. The summed E-state index contributed by atoms with van der Waals surface area (Å²) in [5, 5.41) is 30.8. The van der Waals surface area contributed by atoms with Crippen molar-refractivity contribution in [3.63, 3.8) is 0 Å². The zero-order valence-electron chi connectivity index (χ0n) is 17.9. The Labute approximate surface area is 170 Å². The van der Waals surface area contributed by atoms with Crippen LogP contribution in [-0.2, 0) is 4.79 Å². The molecule has 4 heteroatoms. The van der Waals surface area contributed by atoms with Crippen molar-refractivity contribution < 1.29 is 20.1 Å². The molecule has 4 fully saturated rings. The van der Waals surface area contributed by atoms with Gasteiger partial charge in [-0.05, 0) is 104 Å². The number of aliphatic hydroxyl groups is 2. The molecule has 4 aliphatic rings. The van der Waals surface area contributed by atoms with E-state index >= 15 is 0 Å². The van der Waals surface area contributed by atoms with Crippen molar-refractivity contribution in [1.29, 1.82) is 0 Å². The summed E-state index contributed by atoms with van der Waals surface area (Å²) in [5.41, 5.74) is 0.216. The largest absolute Gasteiger partial charge is 0.481 e. The zero-order chi connectivity index (χ0) is 20.3. The number of rotatable bonds is 4. The molecule has 0 aromatic carbocycles. The molecule has 0 bridgehead atoms. The monoisotopic (exact) mass is 392 g/mol. The van der Waals surface area contributed by atoms with E-state index in [9.17, 15) is 15.0 Å². The van der Waals surface area contributed by atoms with E-state index in [1.807, 2.05) is 0 Å². The number of hydrogen-bond acceptors (Lipinski definition) is 3. The van der Waals surface area contributed by atoms with E-state index in [2.05, 4.69) is 20.8 Å². The van der Waals surface area contributed by atoms with Gasteiger partial charge in [-0.1, -0.05) is 20.8 Å². The van der Waals surface area contributed by atoms with Crippen LogP contribution >= 0.6 is 0 Å². The molecule has 0 heterocycles. The molecule has 0 aliphatic heterocycles. The first-order valence-electron chi connectivity index (χ1n) is 11.8. The second kappa shape index (κ2) is 7.27. The highest BCUT2D eigenvalue weighted by molar-refractivity contribution is 5.66. The summed E-state index contributed by atoms with van der Waals surface area (Å²) >= 11 is 0. The van der Waals surface area contributed by atoms with Crippen LogP contribution in [0.5, 0.6) is 0 Å². The van der Waals surface area contributed by atoms with Crippen LogP contribution in [0.1, 0.15) is 85.0 Å². The van der Waals surface area contributed by atoms with E-state index in [1.165, 1.54) is 19.3 Å². The molecule has 160 valence electrons. The lowest BCUT2D eigenvalue weighted by atomic mass is 9.43. The van der Waals surface area contributed by atoms with E-state index in [-0.39, 0.29) is 29.5 Å². The Kier molecular flexibility index (Phi) is 5.36. The standard InChI is InChI=1S/C24H40O4/c1-14(4-9-22(27)28)18-7-8-19-17-6-5-15-12-16(25)10-11-23(15,2)20(17)13-21(26)24(18,19)3/h14-21,25-26H,4-13H2,1-3H3,(H,27,28)/t14-,15+,16-,17?,18+,19+,20?,21+,23-,24+/m0/s1. The summed E-state index contributed by atoms with van der Waals surface area (Å²) in [7, 11) is 0. The second-order valence-corrected chi connectivity index (χ2v) is 11.3. The van der Waals surface area contributed by atoms with Crippen LogP contribution in [0, 0.1) is 46.3 Å². The SMILES string of the molecule is C[C@@H](CCC(=O)O)[C@H]1CC[C@@H]2C3CC[C@@H]4C[C@@H](O)CC[C@]4(C)C3C[C@@H](O)[C@@]21C. The van der Waals surface area contributed by atoms with Gasteiger partial charge in [0, 0.05) is 6.42 Å². The van der Waals surface area contributed by atoms with Crippen molar-refractivity contribution in [2.45, 2.75) is 97.2 Å². The average Bonchev–Trinajstić information content (AvgIpc) is 3.00. The lowest BCUT2D eigenvalue weighted by Crippen LogP contribution is -2.58. The molecule has 4 rings (SSSR count). The third-order valence-electron chi connectivity index (χ3n) is 10.3. The van der Waals surface area contributed by atoms with Gasteiger partial charge >= 0.3 is 5.97 Å². The van der Waals surface area contributed by atoms with Gasteiger partial charge in [0.1, 0.15) is 0 Å². The van der Waals surface area contributed by atoms with Crippen LogP contribution in [0.15, 0.2) is 0 Å². The number of hydrogen-bond donors (Lipinski definition) is 3. The highest BCUT2D eigenvalue weighted by Gasteiger charge is 2.63. The Morgan fingerprint density at radius 3 is 2.50 bits per heavy atom. The molecule has 4 nitrogen and oxygen atoms in total. The average molecular weight is 393 g/mol. The van der Waals surface area contributed by atoms with E-state index in [0.717, 1.165) is 38.5 Å². The lowest BCUT2D eigenvalue weighted by molar-refractivity contribution is -0.175. The maximum Gasteiger partial charge on any atom is 0.303 e. The second-order valence-electron chi connectivity index (χ2n) is 11.3. The van der Waals surface area contributed by atoms with Gasteiger partial charge in [0.2, 0.25) is 0 Å². The van der Waals surface area contributed by atoms with Gasteiger partial charge in [-0.25, -0.2) is 0 Å². The Bertz CT molecular complexity index is 605. The molecule has 4 saturated carbocycles. The molecule has 4 aliphatic carbocycles. The van der Waals surface area contributed by atoms with Crippen LogP contribution in [0.25, 0.3) is 0 Å². The fraction of sp³-hybridized carbons (Fsp3) is 0.958. The number of carbonyl (C=O) groups is 1. The van der Waals surface area contributed by atoms with Crippen LogP contribution < -0.4 is 0 Å². The lowest BCUT2D eigenvalue weighted by Gasteiger charge is -2.62. The van der Waals surface area contributed by atoms with Gasteiger partial charge in [0.15, 0.2) is 0 Å². The van der Waals surface area contributed by atoms with Crippen LogP contribution in [0.2, 0.25) is 0 Å². The highest BCUT2D eigenvalue weighted by atomic mass is 16.4. The molecule has 10 atom stereocenters. The smallest absolute Gasteiger partial charge is 0.303 e. The third kappa shape index (κ3) is 3.05. The fourth-order valence-corrected chi connectivity index (χ4v) is 8.71. The summed E-state index contributed by atoms with van der Waals surface area (Å²) in [6, 6.07) is 0. The normalized spacial score (nSPS) is 51.7. The molecule has 0 radical (unpaired) electrons. The Hall–Kier alpha value is -0.610. The minimum absolute atomic E-state index is 0.0591. The molecule has 28 heavy (non-hydrogen) atoms. The molecule has 3 N–H and O–H groups in total. The summed E-state index contributed by atoms with van der Waals surface area (Å²) in [5.74, 6) is 2.55. The molecule has 0 saturated heterocycles.